The number of para-hydroxylation sites is 1. The molecule has 0 aliphatic rings. The zero-order valence-corrected chi connectivity index (χ0v) is 17.9. The summed E-state index contributed by atoms with van der Waals surface area (Å²) in [5, 5.41) is 0.890. The van der Waals surface area contributed by atoms with Gasteiger partial charge in [0, 0.05) is 24.2 Å². The standard InChI is InChI=1S/C22H28N2O3S/c1-16(2)20-11-10-19(14-22(20)27-17(3)15-23(4)5)28(25,26)24-13-12-18-8-6-7-9-21(18)24/h6-14,16-17H,15H2,1-5H3. The van der Waals surface area contributed by atoms with Gasteiger partial charge in [0.15, 0.2) is 0 Å². The molecule has 0 amide bonds. The number of benzene rings is 2. The Bertz CT molecular complexity index is 1070. The van der Waals surface area contributed by atoms with E-state index >= 15 is 0 Å². The van der Waals surface area contributed by atoms with Crippen LogP contribution in [0.15, 0.2) is 59.6 Å². The highest BCUT2D eigenvalue weighted by Gasteiger charge is 2.22. The van der Waals surface area contributed by atoms with Crippen LogP contribution in [0, 0.1) is 0 Å². The molecule has 5 nitrogen and oxygen atoms in total. The van der Waals surface area contributed by atoms with Crippen molar-refractivity contribution in [2.24, 2.45) is 0 Å². The molecule has 1 heterocycles. The van der Waals surface area contributed by atoms with Crippen LogP contribution in [0.25, 0.3) is 10.9 Å². The lowest BCUT2D eigenvalue weighted by Gasteiger charge is -2.22. The van der Waals surface area contributed by atoms with Gasteiger partial charge in [-0.25, -0.2) is 12.4 Å². The van der Waals surface area contributed by atoms with Crippen LogP contribution in [0.4, 0.5) is 0 Å². The van der Waals surface area contributed by atoms with Gasteiger partial charge < -0.3 is 9.64 Å². The zero-order valence-electron chi connectivity index (χ0n) is 17.1. The minimum absolute atomic E-state index is 0.0575. The molecular formula is C22H28N2O3S. The van der Waals surface area contributed by atoms with Crippen molar-refractivity contribution < 1.29 is 13.2 Å². The Hall–Kier alpha value is -2.31. The van der Waals surface area contributed by atoms with Gasteiger partial charge in [0.05, 0.1) is 10.4 Å². The lowest BCUT2D eigenvalue weighted by molar-refractivity contribution is 0.174. The van der Waals surface area contributed by atoms with E-state index in [9.17, 15) is 8.42 Å². The zero-order chi connectivity index (χ0) is 20.5. The van der Waals surface area contributed by atoms with Crippen molar-refractivity contribution in [2.45, 2.75) is 37.7 Å². The molecule has 6 heteroatoms. The first-order chi connectivity index (χ1) is 13.2. The van der Waals surface area contributed by atoms with E-state index in [1.54, 1.807) is 18.3 Å². The first-order valence-electron chi connectivity index (χ1n) is 9.47. The third kappa shape index (κ3) is 4.08. The van der Waals surface area contributed by atoms with Crippen LogP contribution in [-0.4, -0.2) is 44.0 Å². The van der Waals surface area contributed by atoms with Gasteiger partial charge in [0.1, 0.15) is 11.9 Å². The molecule has 0 fully saturated rings. The molecule has 0 aliphatic heterocycles. The number of ether oxygens (including phenoxy) is 1. The molecule has 1 atom stereocenters. The molecule has 0 N–H and O–H groups in total. The Balaban J connectivity index is 2.05. The van der Waals surface area contributed by atoms with Crippen molar-refractivity contribution in [3.8, 4) is 5.75 Å². The second-order valence-corrected chi connectivity index (χ2v) is 9.54. The molecule has 28 heavy (non-hydrogen) atoms. The summed E-state index contributed by atoms with van der Waals surface area (Å²) in [5.41, 5.74) is 1.67. The molecule has 0 saturated carbocycles. The van der Waals surface area contributed by atoms with Crippen molar-refractivity contribution in [1.82, 2.24) is 8.87 Å². The van der Waals surface area contributed by atoms with Crippen LogP contribution in [-0.2, 0) is 10.0 Å². The molecule has 3 aromatic rings. The average molecular weight is 401 g/mol. The summed E-state index contributed by atoms with van der Waals surface area (Å²) in [6.07, 6.45) is 1.55. The van der Waals surface area contributed by atoms with Crippen LogP contribution >= 0.6 is 0 Å². The molecule has 0 aliphatic carbocycles. The van der Waals surface area contributed by atoms with Crippen molar-refractivity contribution in [2.75, 3.05) is 20.6 Å². The van der Waals surface area contributed by atoms with Crippen molar-refractivity contribution in [1.29, 1.82) is 0 Å². The SMILES string of the molecule is CC(CN(C)C)Oc1cc(S(=O)(=O)n2ccc3ccccc32)ccc1C(C)C. The van der Waals surface area contributed by atoms with E-state index in [0.717, 1.165) is 17.5 Å². The fourth-order valence-electron chi connectivity index (χ4n) is 3.40. The molecule has 0 saturated heterocycles. The first-order valence-corrected chi connectivity index (χ1v) is 10.9. The maximum Gasteiger partial charge on any atom is 0.268 e. The molecule has 3 rings (SSSR count). The van der Waals surface area contributed by atoms with Gasteiger partial charge in [-0.2, -0.15) is 0 Å². The van der Waals surface area contributed by atoms with Gasteiger partial charge in [0.2, 0.25) is 0 Å². The minimum atomic E-state index is -3.72. The van der Waals surface area contributed by atoms with E-state index in [-0.39, 0.29) is 16.9 Å². The topological polar surface area (TPSA) is 51.5 Å². The summed E-state index contributed by atoms with van der Waals surface area (Å²) < 4.78 is 34.1. The summed E-state index contributed by atoms with van der Waals surface area (Å²) in [5.74, 6) is 0.854. The predicted molar refractivity (Wildman–Crippen MR) is 114 cm³/mol. The molecule has 1 aromatic heterocycles. The molecular weight excluding hydrogens is 372 g/mol. The Kier molecular flexibility index (Phi) is 5.82. The van der Waals surface area contributed by atoms with Crippen LogP contribution < -0.4 is 4.74 Å². The highest BCUT2D eigenvalue weighted by atomic mass is 32.2. The van der Waals surface area contributed by atoms with E-state index in [4.69, 9.17) is 4.74 Å². The molecule has 0 bridgehead atoms. The maximum absolute atomic E-state index is 13.3. The number of aromatic nitrogens is 1. The number of likely N-dealkylation sites (N-methyl/N-ethyl adjacent to an activating group) is 1. The number of hydrogen-bond acceptors (Lipinski definition) is 4. The largest absolute Gasteiger partial charge is 0.489 e. The van der Waals surface area contributed by atoms with E-state index in [0.29, 0.717) is 11.3 Å². The monoisotopic (exact) mass is 400 g/mol. The Morgan fingerprint density at radius 2 is 1.75 bits per heavy atom. The van der Waals surface area contributed by atoms with Crippen molar-refractivity contribution >= 4 is 20.9 Å². The van der Waals surface area contributed by atoms with Gasteiger partial charge >= 0.3 is 0 Å². The second-order valence-electron chi connectivity index (χ2n) is 7.72. The smallest absolute Gasteiger partial charge is 0.268 e. The lowest BCUT2D eigenvalue weighted by Crippen LogP contribution is -2.28. The molecule has 150 valence electrons. The van der Waals surface area contributed by atoms with Crippen LogP contribution in [0.1, 0.15) is 32.3 Å². The maximum atomic E-state index is 13.3. The van der Waals surface area contributed by atoms with Gasteiger partial charge in [0.25, 0.3) is 10.0 Å². The Morgan fingerprint density at radius 3 is 2.43 bits per heavy atom. The first kappa shape index (κ1) is 20.4. The minimum Gasteiger partial charge on any atom is -0.489 e. The molecule has 1 unspecified atom stereocenters. The third-order valence-electron chi connectivity index (χ3n) is 4.68. The Morgan fingerprint density at radius 1 is 1.04 bits per heavy atom. The highest BCUT2D eigenvalue weighted by Crippen LogP contribution is 2.31. The lowest BCUT2D eigenvalue weighted by atomic mass is 10.0. The second kappa shape index (κ2) is 7.97. The Labute approximate surface area is 167 Å². The quantitative estimate of drug-likeness (QED) is 0.592. The van der Waals surface area contributed by atoms with E-state index in [1.165, 1.54) is 3.97 Å². The highest BCUT2D eigenvalue weighted by molar-refractivity contribution is 7.90. The van der Waals surface area contributed by atoms with Crippen LogP contribution in [0.5, 0.6) is 5.75 Å². The normalized spacial score (nSPS) is 13.4. The van der Waals surface area contributed by atoms with Gasteiger partial charge in [-0.05, 0) is 50.7 Å². The van der Waals surface area contributed by atoms with Crippen LogP contribution in [0.2, 0.25) is 0 Å². The summed E-state index contributed by atoms with van der Waals surface area (Å²) in [6, 6.07) is 14.5. The third-order valence-corrected chi connectivity index (χ3v) is 6.36. The van der Waals surface area contributed by atoms with Crippen molar-refractivity contribution in [3.05, 3.63) is 60.3 Å². The number of rotatable bonds is 7. The van der Waals surface area contributed by atoms with Gasteiger partial charge in [-0.1, -0.05) is 38.1 Å². The fraction of sp³-hybridized carbons (Fsp3) is 0.364. The summed E-state index contributed by atoms with van der Waals surface area (Å²) in [7, 11) is 0.255. The van der Waals surface area contributed by atoms with Crippen molar-refractivity contribution in [3.63, 3.8) is 0 Å². The summed E-state index contributed by atoms with van der Waals surface area (Å²) in [4.78, 5) is 2.28. The van der Waals surface area contributed by atoms with E-state index < -0.39 is 10.0 Å². The fourth-order valence-corrected chi connectivity index (χ4v) is 4.77. The van der Waals surface area contributed by atoms with E-state index in [1.807, 2.05) is 62.3 Å². The molecule has 0 radical (unpaired) electrons. The molecule has 2 aromatic carbocycles. The van der Waals surface area contributed by atoms with Crippen LogP contribution in [0.3, 0.4) is 0 Å². The number of nitrogens with zero attached hydrogens (tertiary/aromatic N) is 2. The number of hydrogen-bond donors (Lipinski definition) is 0. The predicted octanol–water partition coefficient (Wildman–Crippen LogP) is 4.33. The van der Waals surface area contributed by atoms with E-state index in [2.05, 4.69) is 13.8 Å². The summed E-state index contributed by atoms with van der Waals surface area (Å²) in [6.45, 7) is 6.89. The van der Waals surface area contributed by atoms with Gasteiger partial charge in [-0.15, -0.1) is 0 Å². The van der Waals surface area contributed by atoms with Gasteiger partial charge in [-0.3, -0.25) is 0 Å². The summed E-state index contributed by atoms with van der Waals surface area (Å²) >= 11 is 0. The average Bonchev–Trinajstić information content (AvgIpc) is 3.05. The molecule has 0 spiro atoms. The number of fused-ring (bicyclic) bond motifs is 1.